The lowest BCUT2D eigenvalue weighted by Gasteiger charge is -2.33. The Morgan fingerprint density at radius 2 is 1.33 bits per heavy atom. The number of aliphatic hydroxyl groups is 1. The molecule has 1 heterocycles. The largest absolute Gasteiger partial charge is 0.453 e. The second-order valence-electron chi connectivity index (χ2n) is 12.1. The van der Waals surface area contributed by atoms with Gasteiger partial charge in [0.2, 0.25) is 5.91 Å². The van der Waals surface area contributed by atoms with Gasteiger partial charge in [-0.25, -0.2) is 14.6 Å². The van der Waals surface area contributed by atoms with Crippen LogP contribution in [-0.2, 0) is 32.0 Å². The highest BCUT2D eigenvalue weighted by Crippen LogP contribution is 2.25. The smallest absolute Gasteiger partial charge is 0.407 e. The summed E-state index contributed by atoms with van der Waals surface area (Å²) in [5, 5.41) is 23.4. The van der Waals surface area contributed by atoms with Gasteiger partial charge in [0, 0.05) is 18.0 Å². The second kappa shape index (κ2) is 18.8. The van der Waals surface area contributed by atoms with Crippen molar-refractivity contribution in [3.8, 4) is 10.4 Å². The van der Waals surface area contributed by atoms with E-state index in [0.717, 1.165) is 21.6 Å². The molecule has 0 radical (unpaired) electrons. The maximum absolute atomic E-state index is 13.5. The van der Waals surface area contributed by atoms with Gasteiger partial charge >= 0.3 is 12.2 Å². The Morgan fingerprint density at radius 3 is 1.85 bits per heavy atom. The molecule has 0 aliphatic carbocycles. The summed E-state index contributed by atoms with van der Waals surface area (Å²) in [6, 6.07) is 18.6. The standard InChI is InChI=1S/C35H47N5O7S/c1-22(2)30(37-34(44)46-5)32(42)36-27(19-24-11-8-7-9-12-24)28(41)21-40(39-33(43)31(23(3)4)38-35(45)47-6)20-25-14-16-26(17-15-25)29-13-10-18-48-29/h7-18,22-23,27-28,30-31,41H,19-21H2,1-6H3,(H,36,42)(H,37,44)(H,38,45)(H,39,43)/t27-,28-,30-,31-/m0/s1. The van der Waals surface area contributed by atoms with Crippen LogP contribution < -0.4 is 21.4 Å². The third kappa shape index (κ3) is 11.7. The molecule has 0 saturated heterocycles. The van der Waals surface area contributed by atoms with Gasteiger partial charge in [0.05, 0.1) is 26.4 Å². The third-order valence-electron chi connectivity index (χ3n) is 7.72. The minimum Gasteiger partial charge on any atom is -0.453 e. The number of methoxy groups -OCH3 is 2. The summed E-state index contributed by atoms with van der Waals surface area (Å²) < 4.78 is 9.43. The summed E-state index contributed by atoms with van der Waals surface area (Å²) in [5.41, 5.74) is 5.65. The number of hydrazine groups is 1. The van der Waals surface area contributed by atoms with Gasteiger partial charge in [0.15, 0.2) is 0 Å². The molecule has 3 aromatic rings. The Morgan fingerprint density at radius 1 is 0.750 bits per heavy atom. The lowest BCUT2D eigenvalue weighted by atomic mass is 9.98. The molecule has 2 aromatic carbocycles. The van der Waals surface area contributed by atoms with E-state index in [0.29, 0.717) is 0 Å². The molecule has 0 unspecified atom stereocenters. The fourth-order valence-electron chi connectivity index (χ4n) is 5.03. The van der Waals surface area contributed by atoms with Crippen LogP contribution in [0.2, 0.25) is 0 Å². The fraction of sp³-hybridized carbons (Fsp3) is 0.429. The number of alkyl carbamates (subject to hydrolysis) is 2. The van der Waals surface area contributed by atoms with Gasteiger partial charge in [-0.2, -0.15) is 0 Å². The predicted molar refractivity (Wildman–Crippen MR) is 185 cm³/mol. The number of nitrogens with zero attached hydrogens (tertiary/aromatic N) is 1. The SMILES string of the molecule is COC(=O)N[C@H](C(=O)N[C@@H](Cc1ccccc1)[C@@H](O)CN(Cc1ccc(-c2cccs2)cc1)NC(=O)[C@@H](NC(=O)OC)C(C)C)C(C)C. The van der Waals surface area contributed by atoms with Gasteiger partial charge in [-0.05, 0) is 46.4 Å². The molecule has 4 atom stereocenters. The third-order valence-corrected chi connectivity index (χ3v) is 8.63. The van der Waals surface area contributed by atoms with Crippen LogP contribution in [0.1, 0.15) is 38.8 Å². The van der Waals surface area contributed by atoms with Crippen LogP contribution in [0, 0.1) is 11.8 Å². The number of ether oxygens (including phenoxy) is 2. The molecule has 4 amide bonds. The molecule has 1 aromatic heterocycles. The Labute approximate surface area is 286 Å². The zero-order valence-corrected chi connectivity index (χ0v) is 29.1. The van der Waals surface area contributed by atoms with E-state index in [9.17, 15) is 24.3 Å². The first-order valence-corrected chi connectivity index (χ1v) is 16.7. The fourth-order valence-corrected chi connectivity index (χ4v) is 5.76. The van der Waals surface area contributed by atoms with E-state index in [4.69, 9.17) is 9.47 Å². The van der Waals surface area contributed by atoms with E-state index in [2.05, 4.69) is 21.4 Å². The van der Waals surface area contributed by atoms with Crippen molar-refractivity contribution in [3.05, 3.63) is 83.2 Å². The van der Waals surface area contributed by atoms with E-state index >= 15 is 0 Å². The van der Waals surface area contributed by atoms with E-state index in [1.807, 2.05) is 72.1 Å². The van der Waals surface area contributed by atoms with Crippen LogP contribution in [0.4, 0.5) is 9.59 Å². The Bertz CT molecular complexity index is 1450. The van der Waals surface area contributed by atoms with Crippen molar-refractivity contribution in [2.75, 3.05) is 20.8 Å². The van der Waals surface area contributed by atoms with Crippen molar-refractivity contribution in [2.24, 2.45) is 11.8 Å². The van der Waals surface area contributed by atoms with E-state index in [1.165, 1.54) is 14.2 Å². The number of carbonyl (C=O) groups is 4. The monoisotopic (exact) mass is 681 g/mol. The molecule has 48 heavy (non-hydrogen) atoms. The zero-order chi connectivity index (χ0) is 35.2. The van der Waals surface area contributed by atoms with E-state index in [1.54, 1.807) is 44.0 Å². The first-order chi connectivity index (χ1) is 22.9. The molecule has 0 spiro atoms. The molecule has 13 heteroatoms. The molecule has 0 saturated carbocycles. The van der Waals surface area contributed by atoms with Crippen molar-refractivity contribution in [1.29, 1.82) is 0 Å². The first-order valence-electron chi connectivity index (χ1n) is 15.8. The topological polar surface area (TPSA) is 158 Å². The lowest BCUT2D eigenvalue weighted by Crippen LogP contribution is -2.59. The Balaban J connectivity index is 1.90. The maximum Gasteiger partial charge on any atom is 0.407 e. The number of thiophene rings is 1. The van der Waals surface area contributed by atoms with Gasteiger partial charge in [-0.3, -0.25) is 15.0 Å². The van der Waals surface area contributed by atoms with Gasteiger partial charge < -0.3 is 30.5 Å². The van der Waals surface area contributed by atoms with Crippen LogP contribution in [0.25, 0.3) is 10.4 Å². The number of amides is 4. The normalized spacial score (nSPS) is 13.7. The average Bonchev–Trinajstić information content (AvgIpc) is 3.61. The highest BCUT2D eigenvalue weighted by molar-refractivity contribution is 7.13. The summed E-state index contributed by atoms with van der Waals surface area (Å²) in [5.74, 6) is -1.54. The Kier molecular flexibility index (Phi) is 14.9. The molecule has 3 rings (SSSR count). The van der Waals surface area contributed by atoms with Crippen molar-refractivity contribution in [1.82, 2.24) is 26.4 Å². The molecule has 12 nitrogen and oxygen atoms in total. The molecular formula is C35H47N5O7S. The second-order valence-corrected chi connectivity index (χ2v) is 13.1. The van der Waals surface area contributed by atoms with Crippen molar-refractivity contribution in [3.63, 3.8) is 0 Å². The number of hydrogen-bond donors (Lipinski definition) is 5. The van der Waals surface area contributed by atoms with E-state index in [-0.39, 0.29) is 31.3 Å². The lowest BCUT2D eigenvalue weighted by molar-refractivity contribution is -0.131. The van der Waals surface area contributed by atoms with Crippen molar-refractivity contribution < 1.29 is 33.8 Å². The number of nitrogens with one attached hydrogen (secondary N) is 4. The van der Waals surface area contributed by atoms with Gasteiger partial charge in [-0.15, -0.1) is 11.3 Å². The average molecular weight is 682 g/mol. The van der Waals surface area contributed by atoms with Crippen molar-refractivity contribution >= 4 is 35.3 Å². The first kappa shape index (κ1) is 38.0. The minimum absolute atomic E-state index is 0.0873. The molecule has 0 aliphatic heterocycles. The van der Waals surface area contributed by atoms with Gasteiger partial charge in [-0.1, -0.05) is 88.4 Å². The van der Waals surface area contributed by atoms with Crippen LogP contribution in [-0.4, -0.2) is 79.1 Å². The highest BCUT2D eigenvalue weighted by Gasteiger charge is 2.32. The van der Waals surface area contributed by atoms with Crippen LogP contribution in [0.3, 0.4) is 0 Å². The number of hydrogen-bond acceptors (Lipinski definition) is 9. The Hall–Kier alpha value is -4.46. The predicted octanol–water partition coefficient (Wildman–Crippen LogP) is 4.10. The summed E-state index contributed by atoms with van der Waals surface area (Å²) in [6.07, 6.45) is -2.40. The molecule has 0 aliphatic rings. The molecule has 260 valence electrons. The molecule has 0 fully saturated rings. The van der Waals surface area contributed by atoms with Crippen LogP contribution >= 0.6 is 11.3 Å². The van der Waals surface area contributed by atoms with Gasteiger partial charge in [0.25, 0.3) is 5.91 Å². The van der Waals surface area contributed by atoms with Gasteiger partial charge in [0.1, 0.15) is 12.1 Å². The quantitative estimate of drug-likeness (QED) is 0.142. The highest BCUT2D eigenvalue weighted by atomic mass is 32.1. The number of aliphatic hydroxyl groups excluding tert-OH is 1. The number of carbonyl (C=O) groups excluding carboxylic acids is 4. The summed E-state index contributed by atoms with van der Waals surface area (Å²) in [4.78, 5) is 52.2. The van der Waals surface area contributed by atoms with Crippen LogP contribution in [0.15, 0.2) is 72.1 Å². The summed E-state index contributed by atoms with van der Waals surface area (Å²) >= 11 is 1.63. The number of rotatable bonds is 16. The van der Waals surface area contributed by atoms with Crippen molar-refractivity contribution in [2.45, 2.75) is 64.9 Å². The summed E-state index contributed by atoms with van der Waals surface area (Å²) in [7, 11) is 2.44. The minimum atomic E-state index is -1.18. The van der Waals surface area contributed by atoms with E-state index < -0.39 is 48.2 Å². The molecule has 0 bridgehead atoms. The zero-order valence-electron chi connectivity index (χ0n) is 28.3. The number of benzene rings is 2. The maximum atomic E-state index is 13.5. The molecular weight excluding hydrogens is 634 g/mol. The van der Waals surface area contributed by atoms with Crippen LogP contribution in [0.5, 0.6) is 0 Å². The molecule has 5 N–H and O–H groups in total. The summed E-state index contributed by atoms with van der Waals surface area (Å²) in [6.45, 7) is 7.29.